The molecule has 0 unspecified atom stereocenters. The lowest BCUT2D eigenvalue weighted by molar-refractivity contribution is 0.271. The largest absolute Gasteiger partial charge is 0.369 e. The molecule has 2 aromatic carbocycles. The summed E-state index contributed by atoms with van der Waals surface area (Å²) in [5.74, 6) is 0. The summed E-state index contributed by atoms with van der Waals surface area (Å²) < 4.78 is 1.38. The summed E-state index contributed by atoms with van der Waals surface area (Å²) in [6, 6.07) is 15.7. The summed E-state index contributed by atoms with van der Waals surface area (Å²) in [5.41, 5.74) is 2.71. The Morgan fingerprint density at radius 1 is 1.07 bits per heavy atom. The summed E-state index contributed by atoms with van der Waals surface area (Å²) >= 11 is 1.38. The van der Waals surface area contributed by atoms with Gasteiger partial charge in [-0.3, -0.25) is 4.79 Å². The normalized spacial score (nSPS) is 15.3. The third-order valence-corrected chi connectivity index (χ3v) is 6.21. The van der Waals surface area contributed by atoms with Crippen molar-refractivity contribution in [1.82, 2.24) is 19.5 Å². The molecule has 4 aromatic rings. The zero-order valence-corrected chi connectivity index (χ0v) is 17.0. The van der Waals surface area contributed by atoms with Gasteiger partial charge in [0, 0.05) is 37.6 Å². The molecule has 1 aliphatic rings. The Labute approximate surface area is 172 Å². The van der Waals surface area contributed by atoms with E-state index in [1.165, 1.54) is 21.5 Å². The highest BCUT2D eigenvalue weighted by Crippen LogP contribution is 2.26. The van der Waals surface area contributed by atoms with Crippen LogP contribution in [-0.4, -0.2) is 52.2 Å². The van der Waals surface area contributed by atoms with Crippen molar-refractivity contribution in [3.8, 4) is 0 Å². The SMILES string of the molecule is CCN1CCN(c2cccc(Nc3nn4c(=O)c5ccccc5nc4s3)c2)CC1. The van der Waals surface area contributed by atoms with Crippen molar-refractivity contribution in [2.75, 3.05) is 42.9 Å². The van der Waals surface area contributed by atoms with Gasteiger partial charge in [0.2, 0.25) is 10.1 Å². The summed E-state index contributed by atoms with van der Waals surface area (Å²) in [4.78, 5) is 22.7. The first-order chi connectivity index (χ1) is 14.2. The Bertz CT molecular complexity index is 1220. The van der Waals surface area contributed by atoms with Gasteiger partial charge in [-0.05, 0) is 36.9 Å². The van der Waals surface area contributed by atoms with E-state index in [0.717, 1.165) is 38.4 Å². The van der Waals surface area contributed by atoms with Crippen LogP contribution < -0.4 is 15.8 Å². The molecular formula is C21H22N6OS. The number of nitrogens with one attached hydrogen (secondary N) is 1. The van der Waals surface area contributed by atoms with Crippen molar-refractivity contribution in [3.63, 3.8) is 0 Å². The van der Waals surface area contributed by atoms with Crippen molar-refractivity contribution in [2.24, 2.45) is 0 Å². The van der Waals surface area contributed by atoms with Gasteiger partial charge >= 0.3 is 0 Å². The second-order valence-electron chi connectivity index (χ2n) is 7.13. The predicted octanol–water partition coefficient (Wildman–Crippen LogP) is 3.19. The van der Waals surface area contributed by atoms with Gasteiger partial charge in [0.1, 0.15) is 0 Å². The first kappa shape index (κ1) is 18.1. The number of rotatable bonds is 4. The van der Waals surface area contributed by atoms with Crippen molar-refractivity contribution >= 4 is 43.7 Å². The van der Waals surface area contributed by atoms with E-state index in [9.17, 15) is 4.79 Å². The highest BCUT2D eigenvalue weighted by atomic mass is 32.1. The number of nitrogens with zero attached hydrogens (tertiary/aromatic N) is 5. The topological polar surface area (TPSA) is 65.8 Å². The van der Waals surface area contributed by atoms with Crippen LogP contribution in [0.2, 0.25) is 0 Å². The third kappa shape index (κ3) is 3.45. The minimum atomic E-state index is -0.141. The smallest absolute Gasteiger partial charge is 0.283 e. The molecule has 0 atom stereocenters. The second-order valence-corrected chi connectivity index (χ2v) is 8.09. The van der Waals surface area contributed by atoms with Gasteiger partial charge in [0.15, 0.2) is 0 Å². The summed E-state index contributed by atoms with van der Waals surface area (Å²) in [5, 5.41) is 9.02. The molecule has 8 heteroatoms. The number of likely N-dealkylation sites (N-methyl/N-ethyl adjacent to an activating group) is 1. The summed E-state index contributed by atoms with van der Waals surface area (Å²) in [6.07, 6.45) is 0. The van der Waals surface area contributed by atoms with E-state index in [1.807, 2.05) is 24.3 Å². The van der Waals surface area contributed by atoms with Crippen LogP contribution in [0.25, 0.3) is 15.9 Å². The molecule has 29 heavy (non-hydrogen) atoms. The standard InChI is InChI=1S/C21H22N6OS/c1-2-25-10-12-26(13-11-25)16-7-5-6-15(14-16)22-20-24-27-19(28)17-8-3-4-9-18(17)23-21(27)29-20/h3-9,14H,2,10-13H2,1H3,(H,22,24). The predicted molar refractivity (Wildman–Crippen MR) is 119 cm³/mol. The van der Waals surface area contributed by atoms with E-state index < -0.39 is 0 Å². The van der Waals surface area contributed by atoms with Crippen LogP contribution in [0.1, 0.15) is 6.92 Å². The van der Waals surface area contributed by atoms with Gasteiger partial charge in [-0.25, -0.2) is 4.98 Å². The first-order valence-electron chi connectivity index (χ1n) is 9.84. The maximum absolute atomic E-state index is 12.7. The Morgan fingerprint density at radius 2 is 1.90 bits per heavy atom. The number of anilines is 3. The second kappa shape index (κ2) is 7.46. The number of fused-ring (bicyclic) bond motifs is 2. The molecule has 0 saturated carbocycles. The summed E-state index contributed by atoms with van der Waals surface area (Å²) in [7, 11) is 0. The van der Waals surface area contributed by atoms with E-state index >= 15 is 0 Å². The molecule has 0 bridgehead atoms. The molecule has 1 saturated heterocycles. The highest BCUT2D eigenvalue weighted by molar-refractivity contribution is 7.20. The van der Waals surface area contributed by atoms with Crippen LogP contribution in [0.4, 0.5) is 16.5 Å². The average Bonchev–Trinajstić information content (AvgIpc) is 3.17. The van der Waals surface area contributed by atoms with Crippen LogP contribution in [0.3, 0.4) is 0 Å². The van der Waals surface area contributed by atoms with E-state index in [2.05, 4.69) is 50.3 Å². The highest BCUT2D eigenvalue weighted by Gasteiger charge is 2.16. The average molecular weight is 407 g/mol. The first-order valence-corrected chi connectivity index (χ1v) is 10.7. The van der Waals surface area contributed by atoms with Gasteiger partial charge in [-0.1, -0.05) is 36.5 Å². The number of aromatic nitrogens is 3. The molecule has 148 valence electrons. The van der Waals surface area contributed by atoms with Crippen LogP contribution in [0.5, 0.6) is 0 Å². The Morgan fingerprint density at radius 3 is 2.72 bits per heavy atom. The van der Waals surface area contributed by atoms with Crippen molar-refractivity contribution < 1.29 is 0 Å². The van der Waals surface area contributed by atoms with Crippen LogP contribution >= 0.6 is 11.3 Å². The number of piperazine rings is 1. The molecule has 1 aliphatic heterocycles. The quantitative estimate of drug-likeness (QED) is 0.562. The van der Waals surface area contributed by atoms with Crippen LogP contribution in [-0.2, 0) is 0 Å². The molecule has 7 nitrogen and oxygen atoms in total. The molecule has 5 rings (SSSR count). The lowest BCUT2D eigenvalue weighted by atomic mass is 10.2. The molecule has 1 N–H and O–H groups in total. The molecule has 0 amide bonds. The fraction of sp³-hybridized carbons (Fsp3) is 0.286. The lowest BCUT2D eigenvalue weighted by Gasteiger charge is -2.35. The molecule has 2 aromatic heterocycles. The van der Waals surface area contributed by atoms with E-state index in [0.29, 0.717) is 21.0 Å². The van der Waals surface area contributed by atoms with E-state index in [4.69, 9.17) is 0 Å². The number of benzene rings is 2. The zero-order chi connectivity index (χ0) is 19.8. The zero-order valence-electron chi connectivity index (χ0n) is 16.2. The minimum absolute atomic E-state index is 0.141. The monoisotopic (exact) mass is 406 g/mol. The molecule has 0 radical (unpaired) electrons. The summed E-state index contributed by atoms with van der Waals surface area (Å²) in [6.45, 7) is 7.56. The Hall–Kier alpha value is -2.97. The van der Waals surface area contributed by atoms with Gasteiger partial charge in [-0.2, -0.15) is 4.52 Å². The molecular weight excluding hydrogens is 384 g/mol. The molecule has 1 fully saturated rings. The Kier molecular flexibility index (Phi) is 4.65. The molecule has 0 aliphatic carbocycles. The fourth-order valence-electron chi connectivity index (χ4n) is 3.73. The maximum atomic E-state index is 12.7. The van der Waals surface area contributed by atoms with Crippen LogP contribution in [0, 0.1) is 0 Å². The molecule has 0 spiro atoms. The van der Waals surface area contributed by atoms with E-state index in [-0.39, 0.29) is 5.56 Å². The van der Waals surface area contributed by atoms with Gasteiger partial charge in [-0.15, -0.1) is 5.10 Å². The van der Waals surface area contributed by atoms with E-state index in [1.54, 1.807) is 6.07 Å². The van der Waals surface area contributed by atoms with Gasteiger partial charge < -0.3 is 15.1 Å². The van der Waals surface area contributed by atoms with Crippen molar-refractivity contribution in [2.45, 2.75) is 6.92 Å². The van der Waals surface area contributed by atoms with Crippen molar-refractivity contribution in [3.05, 3.63) is 58.9 Å². The van der Waals surface area contributed by atoms with Gasteiger partial charge in [0.25, 0.3) is 5.56 Å². The number of para-hydroxylation sites is 1. The lowest BCUT2D eigenvalue weighted by Crippen LogP contribution is -2.46. The van der Waals surface area contributed by atoms with Crippen LogP contribution in [0.15, 0.2) is 53.3 Å². The van der Waals surface area contributed by atoms with Crippen molar-refractivity contribution in [1.29, 1.82) is 0 Å². The van der Waals surface area contributed by atoms with Gasteiger partial charge in [0.05, 0.1) is 10.9 Å². The Balaban J connectivity index is 1.42. The minimum Gasteiger partial charge on any atom is -0.369 e. The maximum Gasteiger partial charge on any atom is 0.283 e. The number of hydrogen-bond acceptors (Lipinski definition) is 7. The molecule has 3 heterocycles. The fourth-order valence-corrected chi connectivity index (χ4v) is 4.55. The number of hydrogen-bond donors (Lipinski definition) is 1. The third-order valence-electron chi connectivity index (χ3n) is 5.38.